The number of rotatable bonds is 10. The van der Waals surface area contributed by atoms with E-state index in [1.165, 1.54) is 0 Å². The molecule has 226 valence electrons. The molecule has 12 heteroatoms. The van der Waals surface area contributed by atoms with E-state index in [4.69, 9.17) is 19.7 Å². The SMILES string of the molecule is C=C(F)C(=O)Nc1ccc2c(-c3ccccc3CNc3nc(NC[C@@H]4CNCCO4)nc4c(C(C)C)cnn34)nccc2c1. The fourth-order valence-electron chi connectivity index (χ4n) is 5.20. The van der Waals surface area contributed by atoms with Gasteiger partial charge in [0.05, 0.1) is 24.6 Å². The predicted molar refractivity (Wildman–Crippen MR) is 169 cm³/mol. The van der Waals surface area contributed by atoms with Gasteiger partial charge in [0.25, 0.3) is 5.91 Å². The maximum atomic E-state index is 13.2. The normalized spacial score (nSPS) is 15.0. The molecule has 1 aliphatic heterocycles. The zero-order valence-electron chi connectivity index (χ0n) is 24.6. The lowest BCUT2D eigenvalue weighted by atomic mass is 9.99. The summed E-state index contributed by atoms with van der Waals surface area (Å²) in [6.07, 6.45) is 3.59. The van der Waals surface area contributed by atoms with E-state index < -0.39 is 11.7 Å². The number of morpholine rings is 1. The van der Waals surface area contributed by atoms with Crippen LogP contribution >= 0.6 is 0 Å². The van der Waals surface area contributed by atoms with Crippen LogP contribution in [0.1, 0.15) is 30.9 Å². The number of amides is 1. The van der Waals surface area contributed by atoms with Gasteiger partial charge in [0.2, 0.25) is 11.9 Å². The van der Waals surface area contributed by atoms with Crippen molar-refractivity contribution in [2.45, 2.75) is 32.4 Å². The van der Waals surface area contributed by atoms with Crippen LogP contribution in [0.5, 0.6) is 0 Å². The molecule has 1 fully saturated rings. The van der Waals surface area contributed by atoms with Crippen molar-refractivity contribution in [3.63, 3.8) is 0 Å². The third-order valence-electron chi connectivity index (χ3n) is 7.49. The van der Waals surface area contributed by atoms with Gasteiger partial charge in [-0.1, -0.05) is 50.8 Å². The summed E-state index contributed by atoms with van der Waals surface area (Å²) in [5.41, 5.74) is 4.96. The smallest absolute Gasteiger partial charge is 0.283 e. The molecule has 11 nitrogen and oxygen atoms in total. The second-order valence-corrected chi connectivity index (χ2v) is 10.9. The van der Waals surface area contributed by atoms with Crippen molar-refractivity contribution in [1.29, 1.82) is 0 Å². The third kappa shape index (κ3) is 6.21. The molecule has 0 spiro atoms. The highest BCUT2D eigenvalue weighted by Crippen LogP contribution is 2.31. The van der Waals surface area contributed by atoms with Crippen molar-refractivity contribution >= 4 is 39.9 Å². The number of fused-ring (bicyclic) bond motifs is 2. The molecule has 1 amide bonds. The molecule has 0 unspecified atom stereocenters. The number of carbonyl (C=O) groups is 1. The zero-order valence-corrected chi connectivity index (χ0v) is 24.6. The maximum Gasteiger partial charge on any atom is 0.283 e. The van der Waals surface area contributed by atoms with Crippen molar-refractivity contribution in [2.24, 2.45) is 0 Å². The van der Waals surface area contributed by atoms with Crippen LogP contribution in [0.3, 0.4) is 0 Å². The highest BCUT2D eigenvalue weighted by Gasteiger charge is 2.18. The van der Waals surface area contributed by atoms with Gasteiger partial charge >= 0.3 is 0 Å². The van der Waals surface area contributed by atoms with Crippen molar-refractivity contribution in [2.75, 3.05) is 42.2 Å². The summed E-state index contributed by atoms with van der Waals surface area (Å²) in [7, 11) is 0. The van der Waals surface area contributed by atoms with Crippen LogP contribution in [-0.4, -0.2) is 62.8 Å². The van der Waals surface area contributed by atoms with Gasteiger partial charge in [-0.3, -0.25) is 9.78 Å². The largest absolute Gasteiger partial charge is 0.374 e. The first kappa shape index (κ1) is 29.1. The Labute approximate surface area is 254 Å². The van der Waals surface area contributed by atoms with E-state index in [-0.39, 0.29) is 12.0 Å². The highest BCUT2D eigenvalue weighted by atomic mass is 19.1. The molecule has 1 saturated heterocycles. The number of hydrogen-bond acceptors (Lipinski definition) is 9. The number of benzene rings is 2. The molecule has 6 rings (SSSR count). The van der Waals surface area contributed by atoms with E-state index in [9.17, 15) is 9.18 Å². The average Bonchev–Trinajstić information content (AvgIpc) is 3.47. The van der Waals surface area contributed by atoms with Gasteiger partial charge in [-0.25, -0.2) is 4.39 Å². The molecule has 4 heterocycles. The molecule has 0 bridgehead atoms. The molecule has 2 aromatic carbocycles. The molecule has 0 radical (unpaired) electrons. The van der Waals surface area contributed by atoms with Gasteiger partial charge in [0, 0.05) is 54.6 Å². The number of pyridine rings is 1. The van der Waals surface area contributed by atoms with E-state index in [1.807, 2.05) is 42.6 Å². The van der Waals surface area contributed by atoms with Crippen LogP contribution in [-0.2, 0) is 16.1 Å². The summed E-state index contributed by atoms with van der Waals surface area (Å²) in [5, 5.41) is 19.0. The Morgan fingerprint density at radius 1 is 1.18 bits per heavy atom. The first-order valence-electron chi connectivity index (χ1n) is 14.6. The van der Waals surface area contributed by atoms with Gasteiger partial charge in [0.1, 0.15) is 0 Å². The minimum absolute atomic E-state index is 0.0324. The minimum atomic E-state index is -1.04. The van der Waals surface area contributed by atoms with Gasteiger partial charge in [0.15, 0.2) is 11.5 Å². The van der Waals surface area contributed by atoms with Gasteiger partial charge < -0.3 is 26.0 Å². The fourth-order valence-corrected chi connectivity index (χ4v) is 5.20. The zero-order chi connectivity index (χ0) is 30.6. The lowest BCUT2D eigenvalue weighted by Crippen LogP contribution is -2.42. The number of halogens is 1. The maximum absolute atomic E-state index is 13.2. The molecular formula is C32H34FN9O2. The van der Waals surface area contributed by atoms with Gasteiger partial charge in [-0.2, -0.15) is 19.6 Å². The third-order valence-corrected chi connectivity index (χ3v) is 7.49. The second kappa shape index (κ2) is 12.7. The summed E-state index contributed by atoms with van der Waals surface area (Å²) in [5.74, 6) is -0.625. The van der Waals surface area contributed by atoms with E-state index >= 15 is 0 Å². The molecule has 0 aliphatic carbocycles. The van der Waals surface area contributed by atoms with Crippen LogP contribution in [0.4, 0.5) is 22.0 Å². The van der Waals surface area contributed by atoms with Crippen LogP contribution in [0.2, 0.25) is 0 Å². The van der Waals surface area contributed by atoms with E-state index in [0.29, 0.717) is 37.3 Å². The number of nitrogens with one attached hydrogen (secondary N) is 4. The van der Waals surface area contributed by atoms with Crippen LogP contribution in [0.15, 0.2) is 73.3 Å². The Hall–Kier alpha value is -4.94. The number of hydrogen-bond donors (Lipinski definition) is 4. The van der Waals surface area contributed by atoms with Crippen LogP contribution in [0, 0.1) is 0 Å². The van der Waals surface area contributed by atoms with Gasteiger partial charge in [-0.15, -0.1) is 0 Å². The Morgan fingerprint density at radius 2 is 2.05 bits per heavy atom. The molecule has 1 aliphatic rings. The number of nitrogens with zero attached hydrogens (tertiary/aromatic N) is 5. The lowest BCUT2D eigenvalue weighted by Gasteiger charge is -2.23. The molecule has 1 atom stereocenters. The molecule has 44 heavy (non-hydrogen) atoms. The van der Waals surface area contributed by atoms with Crippen LogP contribution < -0.4 is 21.3 Å². The Kier molecular flexibility index (Phi) is 8.44. The molecule has 5 aromatic rings. The fraction of sp³-hybridized carbons (Fsp3) is 0.281. The topological polar surface area (TPSA) is 130 Å². The van der Waals surface area contributed by atoms with Crippen molar-refractivity contribution < 1.29 is 13.9 Å². The number of ether oxygens (including phenoxy) is 1. The average molecular weight is 596 g/mol. The van der Waals surface area contributed by atoms with E-state index in [2.05, 4.69) is 46.8 Å². The first-order valence-corrected chi connectivity index (χ1v) is 14.6. The molecule has 0 saturated carbocycles. The van der Waals surface area contributed by atoms with Crippen molar-refractivity contribution in [3.05, 3.63) is 84.5 Å². The standard InChI is InChI=1S/C32H34FN9O2/c1-19(2)27-18-38-42-29(27)40-31(36-17-24-16-34-12-13-44-24)41-32(42)37-15-22-6-4-5-7-25(22)28-26-9-8-23(39-30(43)20(3)33)14-21(26)10-11-35-28/h4-11,14,18-19,24,34H,3,12-13,15-17H2,1-2H3,(H,39,43)(H2,36,37,40,41)/t24-/m0/s1. The highest BCUT2D eigenvalue weighted by molar-refractivity contribution is 6.04. The van der Waals surface area contributed by atoms with Crippen molar-refractivity contribution in [3.8, 4) is 11.3 Å². The summed E-state index contributed by atoms with van der Waals surface area (Å²) >= 11 is 0. The lowest BCUT2D eigenvalue weighted by molar-refractivity contribution is -0.114. The van der Waals surface area contributed by atoms with E-state index in [0.717, 1.165) is 51.9 Å². The monoisotopic (exact) mass is 595 g/mol. The predicted octanol–water partition coefficient (Wildman–Crippen LogP) is 4.90. The number of anilines is 3. The molecule has 3 aromatic heterocycles. The Balaban J connectivity index is 1.29. The number of aromatic nitrogens is 5. The summed E-state index contributed by atoms with van der Waals surface area (Å²) in [6, 6.07) is 15.2. The summed E-state index contributed by atoms with van der Waals surface area (Å²) in [4.78, 5) is 26.1. The van der Waals surface area contributed by atoms with Gasteiger partial charge in [-0.05, 0) is 35.1 Å². The Bertz CT molecular complexity index is 1830. The Morgan fingerprint density at radius 3 is 2.84 bits per heavy atom. The van der Waals surface area contributed by atoms with Crippen LogP contribution in [0.25, 0.3) is 27.7 Å². The first-order chi connectivity index (χ1) is 21.4. The quantitative estimate of drug-likeness (QED) is 0.167. The van der Waals surface area contributed by atoms with E-state index in [1.54, 1.807) is 22.8 Å². The second-order valence-electron chi connectivity index (χ2n) is 10.9. The van der Waals surface area contributed by atoms with Crippen molar-refractivity contribution in [1.82, 2.24) is 29.9 Å². The summed E-state index contributed by atoms with van der Waals surface area (Å²) < 4.78 is 20.8. The summed E-state index contributed by atoms with van der Waals surface area (Å²) in [6.45, 7) is 10.6. The molecule has 4 N–H and O–H groups in total. The number of carbonyl (C=O) groups excluding carboxylic acids is 1. The molecular weight excluding hydrogens is 561 g/mol. The minimum Gasteiger partial charge on any atom is -0.374 e.